The van der Waals surface area contributed by atoms with Crippen molar-refractivity contribution in [1.29, 1.82) is 0 Å². The molecule has 0 spiro atoms. The van der Waals surface area contributed by atoms with Gasteiger partial charge in [0.25, 0.3) is 11.9 Å². The molecule has 2 aromatic rings. The zero-order valence-electron chi connectivity index (χ0n) is 30.2. The molecule has 1 aromatic carbocycles. The van der Waals surface area contributed by atoms with Crippen molar-refractivity contribution in [2.45, 2.75) is 103 Å². The van der Waals surface area contributed by atoms with E-state index in [1.165, 1.54) is 0 Å². The fraction of sp³-hybridized carbons (Fsp3) is 0.538. The molecule has 268 valence electrons. The molecule has 0 radical (unpaired) electrons. The van der Waals surface area contributed by atoms with Gasteiger partial charge in [-0.3, -0.25) is 0 Å². The summed E-state index contributed by atoms with van der Waals surface area (Å²) in [5, 5.41) is 0. The van der Waals surface area contributed by atoms with Crippen molar-refractivity contribution < 1.29 is 37.3 Å². The van der Waals surface area contributed by atoms with Crippen LogP contribution in [0.5, 0.6) is 0 Å². The van der Waals surface area contributed by atoms with Crippen molar-refractivity contribution in [3.63, 3.8) is 0 Å². The van der Waals surface area contributed by atoms with Gasteiger partial charge in [0.2, 0.25) is 0 Å². The highest BCUT2D eigenvalue weighted by Crippen LogP contribution is 2.35. The van der Waals surface area contributed by atoms with Crippen LogP contribution in [-0.4, -0.2) is 5.97 Å². The number of ether oxygens (including phenoxy) is 5. The number of cyclic esters (lactones) is 1. The lowest BCUT2D eigenvalue weighted by Gasteiger charge is -2.14. The average Bonchev–Trinajstić information content (AvgIpc) is 3.74. The molecule has 9 heteroatoms. The molecule has 3 unspecified atom stereocenters. The van der Waals surface area contributed by atoms with Crippen LogP contribution < -0.4 is 5.82 Å². The van der Waals surface area contributed by atoms with Gasteiger partial charge < -0.3 is 32.5 Å². The van der Waals surface area contributed by atoms with Crippen molar-refractivity contribution >= 4 is 5.97 Å². The maximum Gasteiger partial charge on any atom is 0.519 e. The number of benzene rings is 1. The van der Waals surface area contributed by atoms with Crippen LogP contribution in [0, 0.1) is 42.4 Å². The summed E-state index contributed by atoms with van der Waals surface area (Å²) in [4.78, 5) is 21.9. The first-order valence-electron chi connectivity index (χ1n) is 16.3. The van der Waals surface area contributed by atoms with E-state index in [1.807, 2.05) is 31.2 Å². The highest BCUT2D eigenvalue weighted by Gasteiger charge is 2.32. The number of hydrogen-bond donors (Lipinski definition) is 0. The molecule has 48 heavy (non-hydrogen) atoms. The molecule has 0 fully saturated rings. The predicted molar refractivity (Wildman–Crippen MR) is 188 cm³/mol. The van der Waals surface area contributed by atoms with Crippen LogP contribution in [0.1, 0.15) is 117 Å². The Kier molecular flexibility index (Phi) is 16.6. The summed E-state index contributed by atoms with van der Waals surface area (Å²) in [6, 6.07) is 7.59. The Bertz CT molecular complexity index is 1480. The van der Waals surface area contributed by atoms with Gasteiger partial charge in [-0.2, -0.15) is 0 Å². The average molecular weight is 671 g/mol. The van der Waals surface area contributed by atoms with E-state index in [0.717, 1.165) is 34.8 Å². The van der Waals surface area contributed by atoms with Crippen molar-refractivity contribution in [2.75, 3.05) is 0 Å². The van der Waals surface area contributed by atoms with E-state index in [4.69, 9.17) is 32.5 Å². The van der Waals surface area contributed by atoms with Crippen LogP contribution in [0.3, 0.4) is 0 Å². The summed E-state index contributed by atoms with van der Waals surface area (Å²) < 4.78 is 35.5. The highest BCUT2D eigenvalue weighted by molar-refractivity contribution is 5.94. The number of allylic oxidation sites excluding steroid dienone is 3. The zero-order valence-corrected chi connectivity index (χ0v) is 30.2. The number of carbonyl (C=O) groups excluding carboxylic acids is 1. The van der Waals surface area contributed by atoms with Crippen molar-refractivity contribution in [3.05, 3.63) is 106 Å². The standard InChI is InChI=1S/C11H12O2.C10H16O2.C9H14O2.C8H12O3.CH4/c1-7(2)10-8-5-3-4-6-9(8)11(12)13-10;1-6(2)7(3)10-8(4)11-9(5)12-10;1-6(2)7(3)9-5-10-8(4)11-9;1-5(2)4-7-6(3)10-8(9)11-7;/h3-7,10H,1-2H3;6-7H,5H2,1-4H3;5-7H,4H2,1-3H3;5H,4H2,1-3H3;1H4. The third-order valence-electron chi connectivity index (χ3n) is 7.99. The van der Waals surface area contributed by atoms with Gasteiger partial charge in [-0.25, -0.2) is 9.59 Å². The second kappa shape index (κ2) is 19.0. The first kappa shape index (κ1) is 41.9. The summed E-state index contributed by atoms with van der Waals surface area (Å²) in [6.07, 6.45) is 2.34. The maximum absolute atomic E-state index is 11.4. The van der Waals surface area contributed by atoms with Crippen LogP contribution >= 0.6 is 0 Å². The first-order chi connectivity index (χ1) is 21.9. The van der Waals surface area contributed by atoms with Gasteiger partial charge in [-0.05, 0) is 56.7 Å². The Hall–Kier alpha value is -4.14. The number of aryl methyl sites for hydroxylation is 1. The highest BCUT2D eigenvalue weighted by atomic mass is 16.7. The van der Waals surface area contributed by atoms with E-state index in [1.54, 1.807) is 13.2 Å². The molecule has 0 bridgehead atoms. The molecule has 0 amide bonds. The molecule has 5 rings (SSSR count). The van der Waals surface area contributed by atoms with Gasteiger partial charge in [-0.1, -0.05) is 94.9 Å². The minimum Gasteiger partial charge on any atom is -0.454 e. The fourth-order valence-corrected chi connectivity index (χ4v) is 4.58. The predicted octanol–water partition coefficient (Wildman–Crippen LogP) is 10.6. The Morgan fingerprint density at radius 2 is 1.38 bits per heavy atom. The third kappa shape index (κ3) is 12.1. The van der Waals surface area contributed by atoms with E-state index in [0.29, 0.717) is 58.9 Å². The molecule has 3 aliphatic rings. The van der Waals surface area contributed by atoms with Gasteiger partial charge in [0, 0.05) is 23.8 Å². The Morgan fingerprint density at radius 3 is 1.81 bits per heavy atom. The number of hydrogen-bond acceptors (Lipinski definition) is 9. The van der Waals surface area contributed by atoms with Gasteiger partial charge >= 0.3 is 11.8 Å². The van der Waals surface area contributed by atoms with Gasteiger partial charge in [-0.15, -0.1) is 0 Å². The van der Waals surface area contributed by atoms with Gasteiger partial charge in [0.1, 0.15) is 41.2 Å². The lowest BCUT2D eigenvalue weighted by atomic mass is 9.95. The Balaban J connectivity index is 0.000000319. The van der Waals surface area contributed by atoms with Crippen LogP contribution in [0.25, 0.3) is 0 Å². The molecular weight excluding hydrogens is 612 g/mol. The normalized spacial score (nSPS) is 17.3. The topological polar surface area (TPSA) is 107 Å². The number of esters is 1. The lowest BCUT2D eigenvalue weighted by Crippen LogP contribution is -2.08. The summed E-state index contributed by atoms with van der Waals surface area (Å²) >= 11 is 0. The molecule has 0 saturated carbocycles. The third-order valence-corrected chi connectivity index (χ3v) is 7.99. The summed E-state index contributed by atoms with van der Waals surface area (Å²) in [5.41, 5.74) is 1.75. The van der Waals surface area contributed by atoms with Crippen molar-refractivity contribution in [2.24, 2.45) is 35.5 Å². The summed E-state index contributed by atoms with van der Waals surface area (Å²) in [6.45, 7) is 31.9. The molecule has 1 aromatic heterocycles. The summed E-state index contributed by atoms with van der Waals surface area (Å²) in [5.74, 6) is 6.66. The molecule has 9 nitrogen and oxygen atoms in total. The van der Waals surface area contributed by atoms with Crippen LogP contribution in [0.15, 0.2) is 86.5 Å². The molecule has 3 aliphatic heterocycles. The monoisotopic (exact) mass is 670 g/mol. The number of fused-ring (bicyclic) bond motifs is 1. The second-order valence-electron chi connectivity index (χ2n) is 13.4. The van der Waals surface area contributed by atoms with Gasteiger partial charge in [0.15, 0.2) is 0 Å². The molecule has 0 aliphatic carbocycles. The van der Waals surface area contributed by atoms with E-state index < -0.39 is 5.82 Å². The SMILES string of the molecule is C.C=C1OC(C)=C(C(C)C(C)C)O1.C=C1OC=C(C(C)C(C)C)O1.CC(C)C1OC(=O)c2ccccc21.Cc1oc(=O)oc1CC(C)C. The van der Waals surface area contributed by atoms with E-state index in [-0.39, 0.29) is 19.5 Å². The fourth-order valence-electron chi connectivity index (χ4n) is 4.58. The molecule has 0 saturated heterocycles. The van der Waals surface area contributed by atoms with E-state index in [2.05, 4.69) is 82.4 Å². The smallest absolute Gasteiger partial charge is 0.454 e. The zero-order chi connectivity index (χ0) is 35.6. The molecule has 3 atom stereocenters. The summed E-state index contributed by atoms with van der Waals surface area (Å²) in [7, 11) is 0. The Morgan fingerprint density at radius 1 is 0.771 bits per heavy atom. The quantitative estimate of drug-likeness (QED) is 0.266. The largest absolute Gasteiger partial charge is 0.519 e. The second-order valence-corrected chi connectivity index (χ2v) is 13.4. The molecule has 4 heterocycles. The van der Waals surface area contributed by atoms with Crippen LogP contribution in [0.2, 0.25) is 0 Å². The lowest BCUT2D eigenvalue weighted by molar-refractivity contribution is 0.0280. The maximum atomic E-state index is 11.4. The van der Waals surface area contributed by atoms with Crippen LogP contribution in [0.4, 0.5) is 0 Å². The Labute approximate surface area is 287 Å². The van der Waals surface area contributed by atoms with Crippen molar-refractivity contribution in [3.8, 4) is 0 Å². The van der Waals surface area contributed by atoms with E-state index in [9.17, 15) is 9.59 Å². The van der Waals surface area contributed by atoms with E-state index >= 15 is 0 Å². The van der Waals surface area contributed by atoms with Crippen LogP contribution in [-0.2, 0) is 30.1 Å². The molecular formula is C39H58O9. The first-order valence-corrected chi connectivity index (χ1v) is 16.3. The van der Waals surface area contributed by atoms with Gasteiger partial charge in [0.05, 0.1) is 5.56 Å². The van der Waals surface area contributed by atoms with Crippen molar-refractivity contribution in [1.82, 2.24) is 0 Å². The number of rotatable bonds is 7. The minimum absolute atomic E-state index is 0. The molecule has 0 N–H and O–H groups in total. The minimum atomic E-state index is -0.599. The number of carbonyl (C=O) groups is 1.